The van der Waals surface area contributed by atoms with Gasteiger partial charge in [-0.15, -0.1) is 0 Å². The summed E-state index contributed by atoms with van der Waals surface area (Å²) in [7, 11) is 0. The molecule has 1 N–H and O–H groups in total. The zero-order chi connectivity index (χ0) is 14.0. The van der Waals surface area contributed by atoms with Gasteiger partial charge < -0.3 is 14.7 Å². The average Bonchev–Trinajstić information content (AvgIpc) is 2.70. The third kappa shape index (κ3) is 3.44. The summed E-state index contributed by atoms with van der Waals surface area (Å²) in [4.78, 5) is 17.5. The SMILES string of the molecule is CC(C)(C)OC(=O)N1C[C@H](c2ccncc2)[C@@H](O)C1. The second-order valence-corrected chi connectivity index (χ2v) is 5.84. The Morgan fingerprint density at radius 1 is 1.37 bits per heavy atom. The van der Waals surface area contributed by atoms with Crippen LogP contribution in [0.2, 0.25) is 0 Å². The molecule has 5 nitrogen and oxygen atoms in total. The molecule has 1 amide bonds. The van der Waals surface area contributed by atoms with E-state index in [0.29, 0.717) is 13.1 Å². The zero-order valence-corrected chi connectivity index (χ0v) is 11.5. The fourth-order valence-corrected chi connectivity index (χ4v) is 2.20. The van der Waals surface area contributed by atoms with E-state index in [4.69, 9.17) is 4.74 Å². The number of rotatable bonds is 1. The summed E-state index contributed by atoms with van der Waals surface area (Å²) < 4.78 is 5.32. The first kappa shape index (κ1) is 13.8. The van der Waals surface area contributed by atoms with Gasteiger partial charge >= 0.3 is 6.09 Å². The average molecular weight is 264 g/mol. The molecule has 2 atom stereocenters. The van der Waals surface area contributed by atoms with Crippen molar-refractivity contribution in [3.05, 3.63) is 30.1 Å². The number of nitrogens with zero attached hydrogens (tertiary/aromatic N) is 2. The van der Waals surface area contributed by atoms with Gasteiger partial charge in [-0.2, -0.15) is 0 Å². The number of carbonyl (C=O) groups excluding carboxylic acids is 1. The molecule has 0 aliphatic carbocycles. The van der Waals surface area contributed by atoms with E-state index in [1.165, 1.54) is 0 Å². The summed E-state index contributed by atoms with van der Waals surface area (Å²) in [5, 5.41) is 10.1. The second kappa shape index (κ2) is 5.17. The Morgan fingerprint density at radius 3 is 2.58 bits per heavy atom. The van der Waals surface area contributed by atoms with E-state index < -0.39 is 11.7 Å². The van der Waals surface area contributed by atoms with Crippen LogP contribution in [-0.4, -0.2) is 45.9 Å². The van der Waals surface area contributed by atoms with E-state index in [-0.39, 0.29) is 12.0 Å². The predicted octanol–water partition coefficient (Wildman–Crippen LogP) is 1.78. The maximum Gasteiger partial charge on any atom is 0.410 e. The van der Waals surface area contributed by atoms with Crippen molar-refractivity contribution in [1.82, 2.24) is 9.88 Å². The van der Waals surface area contributed by atoms with Crippen LogP contribution in [-0.2, 0) is 4.74 Å². The third-order valence-corrected chi connectivity index (χ3v) is 3.07. The summed E-state index contributed by atoms with van der Waals surface area (Å²) in [5.74, 6) is -0.0736. The molecule has 1 fully saturated rings. The van der Waals surface area contributed by atoms with E-state index >= 15 is 0 Å². The Labute approximate surface area is 113 Å². The van der Waals surface area contributed by atoms with Crippen LogP contribution in [0.3, 0.4) is 0 Å². The van der Waals surface area contributed by atoms with Gasteiger partial charge in [0.2, 0.25) is 0 Å². The molecule has 1 aliphatic heterocycles. The fourth-order valence-electron chi connectivity index (χ4n) is 2.20. The second-order valence-electron chi connectivity index (χ2n) is 5.84. The van der Waals surface area contributed by atoms with E-state index in [1.54, 1.807) is 17.3 Å². The van der Waals surface area contributed by atoms with Crippen molar-refractivity contribution in [3.63, 3.8) is 0 Å². The van der Waals surface area contributed by atoms with Crippen LogP contribution in [0.25, 0.3) is 0 Å². The largest absolute Gasteiger partial charge is 0.444 e. The molecule has 2 rings (SSSR count). The molecule has 19 heavy (non-hydrogen) atoms. The molecule has 1 aromatic heterocycles. The number of hydrogen-bond acceptors (Lipinski definition) is 4. The van der Waals surface area contributed by atoms with Crippen LogP contribution < -0.4 is 0 Å². The molecule has 0 spiro atoms. The number of ether oxygens (including phenoxy) is 1. The van der Waals surface area contributed by atoms with E-state index in [0.717, 1.165) is 5.56 Å². The maximum atomic E-state index is 12.0. The highest BCUT2D eigenvalue weighted by molar-refractivity contribution is 5.68. The van der Waals surface area contributed by atoms with E-state index in [1.807, 2.05) is 32.9 Å². The molecule has 104 valence electrons. The van der Waals surface area contributed by atoms with Gasteiger partial charge in [-0.3, -0.25) is 4.98 Å². The number of aliphatic hydroxyl groups is 1. The summed E-state index contributed by atoms with van der Waals surface area (Å²) in [6.45, 7) is 6.27. The van der Waals surface area contributed by atoms with E-state index in [9.17, 15) is 9.90 Å². The fraction of sp³-hybridized carbons (Fsp3) is 0.571. The highest BCUT2D eigenvalue weighted by Crippen LogP contribution is 2.28. The lowest BCUT2D eigenvalue weighted by Crippen LogP contribution is -2.35. The first-order valence-corrected chi connectivity index (χ1v) is 6.43. The zero-order valence-electron chi connectivity index (χ0n) is 11.5. The Hall–Kier alpha value is -1.62. The quantitative estimate of drug-likeness (QED) is 0.839. The Kier molecular flexibility index (Phi) is 3.75. The summed E-state index contributed by atoms with van der Waals surface area (Å²) in [5.41, 5.74) is 0.477. The van der Waals surface area contributed by atoms with E-state index in [2.05, 4.69) is 4.98 Å². The topological polar surface area (TPSA) is 62.7 Å². The minimum atomic E-state index is -0.560. The van der Waals surface area contributed by atoms with Gasteiger partial charge in [0.05, 0.1) is 12.6 Å². The van der Waals surface area contributed by atoms with Crippen LogP contribution in [0.4, 0.5) is 4.79 Å². The van der Waals surface area contributed by atoms with Gasteiger partial charge in [0, 0.05) is 24.9 Å². The molecule has 5 heteroatoms. The number of likely N-dealkylation sites (tertiary alicyclic amines) is 1. The van der Waals surface area contributed by atoms with Crippen molar-refractivity contribution >= 4 is 6.09 Å². The smallest absolute Gasteiger partial charge is 0.410 e. The molecule has 0 unspecified atom stereocenters. The molecule has 0 radical (unpaired) electrons. The summed E-state index contributed by atoms with van der Waals surface area (Å²) >= 11 is 0. The van der Waals surface area contributed by atoms with Gasteiger partial charge in [0.15, 0.2) is 0 Å². The first-order chi connectivity index (χ1) is 8.87. The Balaban J connectivity index is 2.04. The van der Waals surface area contributed by atoms with Gasteiger partial charge in [-0.05, 0) is 38.5 Å². The number of hydrogen-bond donors (Lipinski definition) is 1. The van der Waals surface area contributed by atoms with Crippen LogP contribution in [0, 0.1) is 0 Å². The lowest BCUT2D eigenvalue weighted by atomic mass is 9.97. The van der Waals surface area contributed by atoms with Crippen molar-refractivity contribution in [3.8, 4) is 0 Å². The normalized spacial score (nSPS) is 23.5. The lowest BCUT2D eigenvalue weighted by Gasteiger charge is -2.24. The van der Waals surface area contributed by atoms with Crippen molar-refractivity contribution < 1.29 is 14.6 Å². The van der Waals surface area contributed by atoms with Crippen LogP contribution in [0.5, 0.6) is 0 Å². The molecular formula is C14H20N2O3. The highest BCUT2D eigenvalue weighted by atomic mass is 16.6. The number of β-amino-alcohol motifs (C(OH)–C–C–N with tert-alkyl or cyclic N) is 1. The monoisotopic (exact) mass is 264 g/mol. The van der Waals surface area contributed by atoms with Crippen LogP contribution in [0.1, 0.15) is 32.3 Å². The third-order valence-electron chi connectivity index (χ3n) is 3.07. The Bertz CT molecular complexity index is 442. The molecule has 2 heterocycles. The molecular weight excluding hydrogens is 244 g/mol. The number of amides is 1. The molecule has 0 bridgehead atoms. The molecule has 1 aromatic rings. The minimum absolute atomic E-state index is 0.0736. The lowest BCUT2D eigenvalue weighted by molar-refractivity contribution is 0.0270. The predicted molar refractivity (Wildman–Crippen MR) is 70.8 cm³/mol. The van der Waals surface area contributed by atoms with Gasteiger partial charge in [0.1, 0.15) is 5.60 Å². The van der Waals surface area contributed by atoms with Crippen molar-refractivity contribution in [2.45, 2.75) is 38.4 Å². The Morgan fingerprint density at radius 2 is 2.00 bits per heavy atom. The number of aromatic nitrogens is 1. The van der Waals surface area contributed by atoms with Gasteiger partial charge in [-0.1, -0.05) is 0 Å². The summed E-state index contributed by atoms with van der Waals surface area (Å²) in [6.07, 6.45) is 2.45. The van der Waals surface area contributed by atoms with Crippen LogP contribution in [0.15, 0.2) is 24.5 Å². The molecule has 1 aliphatic rings. The molecule has 0 aromatic carbocycles. The molecule has 0 saturated carbocycles. The van der Waals surface area contributed by atoms with Gasteiger partial charge in [0.25, 0.3) is 0 Å². The van der Waals surface area contributed by atoms with Crippen molar-refractivity contribution in [2.24, 2.45) is 0 Å². The summed E-state index contributed by atoms with van der Waals surface area (Å²) in [6, 6.07) is 3.74. The van der Waals surface area contributed by atoms with Crippen molar-refractivity contribution in [2.75, 3.05) is 13.1 Å². The number of pyridine rings is 1. The maximum absolute atomic E-state index is 12.0. The highest BCUT2D eigenvalue weighted by Gasteiger charge is 2.36. The minimum Gasteiger partial charge on any atom is -0.444 e. The molecule has 1 saturated heterocycles. The standard InChI is InChI=1S/C14H20N2O3/c1-14(2,3)19-13(18)16-8-11(12(17)9-16)10-4-6-15-7-5-10/h4-7,11-12,17H,8-9H2,1-3H3/t11-,12+/m1/s1. The van der Waals surface area contributed by atoms with Gasteiger partial charge in [-0.25, -0.2) is 4.79 Å². The number of carbonyl (C=O) groups is 1. The first-order valence-electron chi connectivity index (χ1n) is 6.43. The van der Waals surface area contributed by atoms with Crippen LogP contribution >= 0.6 is 0 Å². The number of aliphatic hydroxyl groups excluding tert-OH is 1. The van der Waals surface area contributed by atoms with Crippen molar-refractivity contribution in [1.29, 1.82) is 0 Å².